The molecule has 1 aromatic carbocycles. The van der Waals surface area contributed by atoms with Crippen LogP contribution in [0.1, 0.15) is 30.9 Å². The summed E-state index contributed by atoms with van der Waals surface area (Å²) >= 11 is 0. The number of aliphatic carboxylic acids is 1. The zero-order valence-electron chi connectivity index (χ0n) is 11.7. The minimum atomic E-state index is -1.05. The molecule has 1 aliphatic heterocycles. The summed E-state index contributed by atoms with van der Waals surface area (Å²) in [6, 6.07) is 7.18. The molecule has 0 saturated carbocycles. The van der Waals surface area contributed by atoms with Gasteiger partial charge in [0.25, 0.3) is 0 Å². The number of aliphatic hydroxyl groups is 1. The zero-order valence-corrected chi connectivity index (χ0v) is 11.7. The molecule has 0 spiro atoms. The van der Waals surface area contributed by atoms with Crippen LogP contribution in [0.15, 0.2) is 24.3 Å². The fraction of sp³-hybridized carbons (Fsp3) is 0.533. The Bertz CT molecular complexity index is 457. The SMILES string of the molecule is CC(C)c1ccc(COC2CN[C@H](C(=O)O)C2O)cc1. The molecular weight excluding hydrogens is 258 g/mol. The number of nitrogens with one attached hydrogen (secondary N) is 1. The van der Waals surface area contributed by atoms with Crippen molar-refractivity contribution in [2.24, 2.45) is 0 Å². The van der Waals surface area contributed by atoms with Crippen molar-refractivity contribution in [2.75, 3.05) is 6.54 Å². The van der Waals surface area contributed by atoms with Gasteiger partial charge < -0.3 is 14.9 Å². The minimum Gasteiger partial charge on any atom is -0.480 e. The maximum atomic E-state index is 10.9. The van der Waals surface area contributed by atoms with Gasteiger partial charge >= 0.3 is 5.97 Å². The van der Waals surface area contributed by atoms with Gasteiger partial charge in [-0.1, -0.05) is 38.1 Å². The first-order valence-electron chi connectivity index (χ1n) is 6.83. The molecule has 1 saturated heterocycles. The van der Waals surface area contributed by atoms with Crippen molar-refractivity contribution in [1.82, 2.24) is 5.32 Å². The third-order valence-corrected chi connectivity index (χ3v) is 3.64. The number of aliphatic hydroxyl groups excluding tert-OH is 1. The molecule has 2 unspecified atom stereocenters. The molecule has 3 N–H and O–H groups in total. The molecule has 0 amide bonds. The van der Waals surface area contributed by atoms with Gasteiger partial charge in [0.05, 0.1) is 12.7 Å². The molecule has 1 aliphatic rings. The topological polar surface area (TPSA) is 78.8 Å². The monoisotopic (exact) mass is 279 g/mol. The van der Waals surface area contributed by atoms with Crippen LogP contribution < -0.4 is 5.32 Å². The van der Waals surface area contributed by atoms with Crippen LogP contribution in [0.3, 0.4) is 0 Å². The van der Waals surface area contributed by atoms with Gasteiger partial charge in [0.2, 0.25) is 0 Å². The van der Waals surface area contributed by atoms with Crippen molar-refractivity contribution in [2.45, 2.75) is 44.6 Å². The lowest BCUT2D eigenvalue weighted by molar-refractivity contribution is -0.142. The molecule has 0 radical (unpaired) electrons. The second-order valence-corrected chi connectivity index (χ2v) is 5.46. The number of benzene rings is 1. The molecule has 1 aromatic rings. The van der Waals surface area contributed by atoms with Crippen LogP contribution in [0.4, 0.5) is 0 Å². The molecule has 0 aromatic heterocycles. The number of carboxylic acids is 1. The lowest BCUT2D eigenvalue weighted by Gasteiger charge is -2.17. The lowest BCUT2D eigenvalue weighted by atomic mass is 10.0. The first kappa shape index (κ1) is 15.0. The summed E-state index contributed by atoms with van der Waals surface area (Å²) in [5.41, 5.74) is 2.28. The summed E-state index contributed by atoms with van der Waals surface area (Å²) in [4.78, 5) is 10.9. The van der Waals surface area contributed by atoms with E-state index in [0.717, 1.165) is 5.56 Å². The number of carbonyl (C=O) groups is 1. The summed E-state index contributed by atoms with van der Waals surface area (Å²) in [5, 5.41) is 21.5. The molecule has 110 valence electrons. The van der Waals surface area contributed by atoms with Crippen LogP contribution in [-0.4, -0.2) is 41.0 Å². The van der Waals surface area contributed by atoms with Crippen molar-refractivity contribution >= 4 is 5.97 Å². The second kappa shape index (κ2) is 6.35. The normalized spacial score (nSPS) is 26.1. The number of hydrogen-bond donors (Lipinski definition) is 3. The van der Waals surface area contributed by atoms with E-state index in [-0.39, 0.29) is 0 Å². The van der Waals surface area contributed by atoms with Gasteiger partial charge in [-0.15, -0.1) is 0 Å². The highest BCUT2D eigenvalue weighted by molar-refractivity contribution is 5.74. The first-order chi connectivity index (χ1) is 9.49. The Morgan fingerprint density at radius 2 is 2.05 bits per heavy atom. The van der Waals surface area contributed by atoms with Crippen molar-refractivity contribution in [3.05, 3.63) is 35.4 Å². The maximum absolute atomic E-state index is 10.9. The Kier molecular flexibility index (Phi) is 4.75. The molecule has 1 fully saturated rings. The van der Waals surface area contributed by atoms with Crippen molar-refractivity contribution in [3.63, 3.8) is 0 Å². The van der Waals surface area contributed by atoms with E-state index in [1.807, 2.05) is 12.1 Å². The number of rotatable bonds is 5. The molecule has 3 atom stereocenters. The fourth-order valence-electron chi connectivity index (χ4n) is 2.29. The van der Waals surface area contributed by atoms with Crippen LogP contribution in [0.5, 0.6) is 0 Å². The van der Waals surface area contributed by atoms with Crippen molar-refractivity contribution in [3.8, 4) is 0 Å². The van der Waals surface area contributed by atoms with Gasteiger partial charge in [0.1, 0.15) is 12.1 Å². The quantitative estimate of drug-likeness (QED) is 0.752. The predicted octanol–water partition coefficient (Wildman–Crippen LogP) is 1.11. The molecule has 5 heteroatoms. The van der Waals surface area contributed by atoms with E-state index >= 15 is 0 Å². The fourth-order valence-corrected chi connectivity index (χ4v) is 2.29. The van der Waals surface area contributed by atoms with Crippen LogP contribution in [-0.2, 0) is 16.1 Å². The van der Waals surface area contributed by atoms with Crippen LogP contribution in [0, 0.1) is 0 Å². The minimum absolute atomic E-state index is 0.349. The van der Waals surface area contributed by atoms with Gasteiger partial charge in [0.15, 0.2) is 0 Å². The van der Waals surface area contributed by atoms with Gasteiger partial charge in [-0.05, 0) is 17.0 Å². The van der Waals surface area contributed by atoms with E-state index in [9.17, 15) is 9.90 Å². The molecule has 2 rings (SSSR count). The van der Waals surface area contributed by atoms with E-state index in [1.165, 1.54) is 5.56 Å². The van der Waals surface area contributed by atoms with E-state index in [1.54, 1.807) is 0 Å². The van der Waals surface area contributed by atoms with E-state index in [4.69, 9.17) is 9.84 Å². The summed E-state index contributed by atoms with van der Waals surface area (Å²) in [6.45, 7) is 4.99. The Morgan fingerprint density at radius 3 is 2.55 bits per heavy atom. The average molecular weight is 279 g/mol. The zero-order chi connectivity index (χ0) is 14.7. The molecule has 0 bridgehead atoms. The van der Waals surface area contributed by atoms with E-state index < -0.39 is 24.2 Å². The molecule has 5 nitrogen and oxygen atoms in total. The van der Waals surface area contributed by atoms with Crippen LogP contribution in [0.2, 0.25) is 0 Å². The van der Waals surface area contributed by atoms with Crippen LogP contribution >= 0.6 is 0 Å². The third-order valence-electron chi connectivity index (χ3n) is 3.64. The van der Waals surface area contributed by atoms with Crippen molar-refractivity contribution in [1.29, 1.82) is 0 Å². The predicted molar refractivity (Wildman–Crippen MR) is 74.5 cm³/mol. The summed E-state index contributed by atoms with van der Waals surface area (Å²) in [5.74, 6) is -0.563. The maximum Gasteiger partial charge on any atom is 0.323 e. The van der Waals surface area contributed by atoms with Crippen LogP contribution in [0.25, 0.3) is 0 Å². The smallest absolute Gasteiger partial charge is 0.323 e. The summed E-state index contributed by atoms with van der Waals surface area (Å²) in [7, 11) is 0. The summed E-state index contributed by atoms with van der Waals surface area (Å²) < 4.78 is 5.61. The molecular formula is C15H21NO4. The number of ether oxygens (including phenoxy) is 1. The Balaban J connectivity index is 1.88. The first-order valence-corrected chi connectivity index (χ1v) is 6.83. The largest absolute Gasteiger partial charge is 0.480 e. The Hall–Kier alpha value is -1.43. The van der Waals surface area contributed by atoms with Gasteiger partial charge in [-0.2, -0.15) is 0 Å². The van der Waals surface area contributed by atoms with Crippen molar-refractivity contribution < 1.29 is 19.7 Å². The number of carboxylic acid groups (broad SMARTS) is 1. The highest BCUT2D eigenvalue weighted by atomic mass is 16.5. The Morgan fingerprint density at radius 1 is 1.40 bits per heavy atom. The summed E-state index contributed by atoms with van der Waals surface area (Å²) in [6.07, 6.45) is -1.50. The molecule has 1 heterocycles. The average Bonchev–Trinajstić information content (AvgIpc) is 2.78. The number of hydrogen-bond acceptors (Lipinski definition) is 4. The van der Waals surface area contributed by atoms with E-state index in [0.29, 0.717) is 19.1 Å². The molecule has 0 aliphatic carbocycles. The third kappa shape index (κ3) is 3.36. The second-order valence-electron chi connectivity index (χ2n) is 5.46. The standard InChI is InChI=1S/C15H21NO4/c1-9(2)11-5-3-10(4-6-11)8-20-12-7-16-13(14(12)17)15(18)19/h3-6,9,12-14,16-17H,7-8H2,1-2H3,(H,18,19)/t12?,13-,14?/m0/s1. The van der Waals surface area contributed by atoms with Gasteiger partial charge in [-0.25, -0.2) is 0 Å². The van der Waals surface area contributed by atoms with E-state index in [2.05, 4.69) is 31.3 Å². The Labute approximate surface area is 118 Å². The highest BCUT2D eigenvalue weighted by Gasteiger charge is 2.39. The highest BCUT2D eigenvalue weighted by Crippen LogP contribution is 2.17. The lowest BCUT2D eigenvalue weighted by Crippen LogP contribution is -2.40. The van der Waals surface area contributed by atoms with Gasteiger partial charge in [0, 0.05) is 6.54 Å². The molecule has 20 heavy (non-hydrogen) atoms. The van der Waals surface area contributed by atoms with Gasteiger partial charge in [-0.3, -0.25) is 10.1 Å².